The van der Waals surface area contributed by atoms with Gasteiger partial charge in [-0.2, -0.15) is 0 Å². The van der Waals surface area contributed by atoms with E-state index in [-0.39, 0.29) is 5.54 Å². The normalized spacial score (nSPS) is 13.8. The van der Waals surface area contributed by atoms with Crippen molar-refractivity contribution in [2.45, 2.75) is 39.7 Å². The third-order valence-electron chi connectivity index (χ3n) is 2.41. The largest absolute Gasteiger partial charge is 0.312 e. The number of pyridine rings is 1. The van der Waals surface area contributed by atoms with Gasteiger partial charge in [0.15, 0.2) is 0 Å². The van der Waals surface area contributed by atoms with Crippen LogP contribution in [0, 0.1) is 5.92 Å². The second-order valence-electron chi connectivity index (χ2n) is 5.41. The smallest absolute Gasteiger partial charge is 0.0621 e. The minimum atomic E-state index is 0.177. The van der Waals surface area contributed by atoms with Crippen molar-refractivity contribution in [3.05, 3.63) is 29.0 Å². The van der Waals surface area contributed by atoms with Gasteiger partial charge in [0.1, 0.15) is 0 Å². The predicted octanol–water partition coefficient (Wildman–Crippen LogP) is 3.30. The van der Waals surface area contributed by atoms with E-state index in [9.17, 15) is 0 Å². The van der Waals surface area contributed by atoms with Crippen LogP contribution >= 0.6 is 11.6 Å². The van der Waals surface area contributed by atoms with Gasteiger partial charge in [0.2, 0.25) is 0 Å². The molecule has 0 aliphatic carbocycles. The highest BCUT2D eigenvalue weighted by molar-refractivity contribution is 6.31. The van der Waals surface area contributed by atoms with Crippen LogP contribution in [0.4, 0.5) is 0 Å². The number of halogens is 1. The Morgan fingerprint density at radius 3 is 2.69 bits per heavy atom. The van der Waals surface area contributed by atoms with Crippen LogP contribution in [-0.4, -0.2) is 17.1 Å². The Kier molecular flexibility index (Phi) is 4.75. The first kappa shape index (κ1) is 13.5. The third-order valence-corrected chi connectivity index (χ3v) is 2.75. The molecular formula is C13H21ClN2. The lowest BCUT2D eigenvalue weighted by atomic mass is 10.0. The lowest BCUT2D eigenvalue weighted by Gasteiger charge is -2.23. The lowest BCUT2D eigenvalue weighted by molar-refractivity contribution is 0.381. The van der Waals surface area contributed by atoms with Crippen LogP contribution in [0.25, 0.3) is 0 Å². The van der Waals surface area contributed by atoms with Crippen LogP contribution in [0.15, 0.2) is 18.5 Å². The number of hydrogen-bond donors (Lipinski definition) is 1. The van der Waals surface area contributed by atoms with Crippen molar-refractivity contribution in [3.8, 4) is 0 Å². The third kappa shape index (κ3) is 4.95. The second-order valence-corrected chi connectivity index (χ2v) is 5.81. The summed E-state index contributed by atoms with van der Waals surface area (Å²) in [5.41, 5.74) is 1.36. The van der Waals surface area contributed by atoms with E-state index in [1.165, 1.54) is 5.56 Å². The quantitative estimate of drug-likeness (QED) is 0.874. The Bertz CT molecular complexity index is 331. The Morgan fingerprint density at radius 2 is 2.12 bits per heavy atom. The summed E-state index contributed by atoms with van der Waals surface area (Å²) in [5.74, 6) is 0.569. The fourth-order valence-corrected chi connectivity index (χ4v) is 1.69. The molecule has 1 atom stereocenters. The van der Waals surface area contributed by atoms with E-state index in [1.54, 1.807) is 12.4 Å². The maximum Gasteiger partial charge on any atom is 0.0621 e. The Labute approximate surface area is 103 Å². The molecular weight excluding hydrogens is 220 g/mol. The van der Waals surface area contributed by atoms with Crippen LogP contribution in [-0.2, 0) is 6.42 Å². The molecule has 0 aliphatic rings. The van der Waals surface area contributed by atoms with E-state index in [4.69, 9.17) is 11.6 Å². The average Bonchev–Trinajstić information content (AvgIpc) is 2.18. The van der Waals surface area contributed by atoms with Crippen molar-refractivity contribution in [3.63, 3.8) is 0 Å². The number of nitrogens with one attached hydrogen (secondary N) is 1. The zero-order chi connectivity index (χ0) is 12.2. The van der Waals surface area contributed by atoms with E-state index in [0.717, 1.165) is 18.0 Å². The van der Waals surface area contributed by atoms with Gasteiger partial charge in [-0.1, -0.05) is 18.5 Å². The van der Waals surface area contributed by atoms with Gasteiger partial charge >= 0.3 is 0 Å². The van der Waals surface area contributed by atoms with Crippen molar-refractivity contribution in [1.82, 2.24) is 10.3 Å². The number of hydrogen-bond acceptors (Lipinski definition) is 2. The van der Waals surface area contributed by atoms with Crippen LogP contribution in [0.3, 0.4) is 0 Å². The molecule has 0 aromatic carbocycles. The number of aromatic nitrogens is 1. The molecule has 0 spiro atoms. The van der Waals surface area contributed by atoms with E-state index in [0.29, 0.717) is 5.92 Å². The van der Waals surface area contributed by atoms with Gasteiger partial charge in [-0.3, -0.25) is 4.98 Å². The van der Waals surface area contributed by atoms with Gasteiger partial charge in [0.05, 0.1) is 5.02 Å². The maximum atomic E-state index is 6.08. The second kappa shape index (κ2) is 5.65. The van der Waals surface area contributed by atoms with Crippen LogP contribution < -0.4 is 5.32 Å². The summed E-state index contributed by atoms with van der Waals surface area (Å²) in [4.78, 5) is 3.99. The van der Waals surface area contributed by atoms with E-state index >= 15 is 0 Å². The lowest BCUT2D eigenvalue weighted by Crippen LogP contribution is -2.39. The molecule has 0 aliphatic heterocycles. The van der Waals surface area contributed by atoms with Gasteiger partial charge in [-0.05, 0) is 51.3 Å². The fraction of sp³-hybridized carbons (Fsp3) is 0.615. The molecule has 1 rings (SSSR count). The molecule has 2 nitrogen and oxygen atoms in total. The first-order valence-electron chi connectivity index (χ1n) is 5.72. The van der Waals surface area contributed by atoms with Gasteiger partial charge in [-0.15, -0.1) is 0 Å². The first-order chi connectivity index (χ1) is 7.38. The van der Waals surface area contributed by atoms with Crippen molar-refractivity contribution in [2.75, 3.05) is 6.54 Å². The van der Waals surface area contributed by atoms with Gasteiger partial charge < -0.3 is 5.32 Å². The highest BCUT2D eigenvalue weighted by atomic mass is 35.5. The molecule has 16 heavy (non-hydrogen) atoms. The number of nitrogens with zero attached hydrogens (tertiary/aromatic N) is 1. The molecule has 3 heteroatoms. The molecule has 0 radical (unpaired) electrons. The molecule has 1 aromatic rings. The Balaban J connectivity index is 2.46. The molecule has 0 fully saturated rings. The molecule has 0 saturated carbocycles. The highest BCUT2D eigenvalue weighted by Gasteiger charge is 2.12. The van der Waals surface area contributed by atoms with Gasteiger partial charge in [0.25, 0.3) is 0 Å². The molecule has 0 saturated heterocycles. The molecule has 0 bridgehead atoms. The van der Waals surface area contributed by atoms with E-state index in [1.807, 2.05) is 6.07 Å². The summed E-state index contributed by atoms with van der Waals surface area (Å²) in [6, 6.07) is 2.00. The van der Waals surface area contributed by atoms with Crippen LogP contribution in [0.1, 0.15) is 33.3 Å². The fourth-order valence-electron chi connectivity index (χ4n) is 1.50. The van der Waals surface area contributed by atoms with Crippen molar-refractivity contribution >= 4 is 11.6 Å². The number of rotatable bonds is 4. The van der Waals surface area contributed by atoms with E-state index in [2.05, 4.69) is 38.0 Å². The van der Waals surface area contributed by atoms with Crippen LogP contribution in [0.5, 0.6) is 0 Å². The summed E-state index contributed by atoms with van der Waals surface area (Å²) in [7, 11) is 0. The molecule has 1 unspecified atom stereocenters. The summed E-state index contributed by atoms with van der Waals surface area (Å²) in [6.45, 7) is 9.77. The first-order valence-corrected chi connectivity index (χ1v) is 6.09. The van der Waals surface area contributed by atoms with E-state index < -0.39 is 0 Å². The van der Waals surface area contributed by atoms with Crippen molar-refractivity contribution in [2.24, 2.45) is 5.92 Å². The minimum absolute atomic E-state index is 0.177. The van der Waals surface area contributed by atoms with Crippen molar-refractivity contribution < 1.29 is 0 Å². The summed E-state index contributed by atoms with van der Waals surface area (Å²) >= 11 is 6.08. The zero-order valence-electron chi connectivity index (χ0n) is 10.5. The van der Waals surface area contributed by atoms with Gasteiger partial charge in [0, 0.05) is 17.9 Å². The molecule has 90 valence electrons. The van der Waals surface area contributed by atoms with Gasteiger partial charge in [-0.25, -0.2) is 0 Å². The Morgan fingerprint density at radius 1 is 1.44 bits per heavy atom. The molecule has 0 amide bonds. The van der Waals surface area contributed by atoms with Crippen LogP contribution in [0.2, 0.25) is 5.02 Å². The topological polar surface area (TPSA) is 24.9 Å². The average molecular weight is 241 g/mol. The molecule has 1 N–H and O–H groups in total. The molecule has 1 heterocycles. The predicted molar refractivity (Wildman–Crippen MR) is 69.9 cm³/mol. The Hall–Kier alpha value is -0.600. The summed E-state index contributed by atoms with van der Waals surface area (Å²) in [6.07, 6.45) is 4.50. The highest BCUT2D eigenvalue weighted by Crippen LogP contribution is 2.17. The SMILES string of the molecule is CC(CNC(C)(C)C)Cc1ccncc1Cl. The minimum Gasteiger partial charge on any atom is -0.312 e. The maximum absolute atomic E-state index is 6.08. The molecule has 1 aromatic heterocycles. The standard InChI is InChI=1S/C13H21ClN2/c1-10(8-16-13(2,3)4)7-11-5-6-15-9-12(11)14/h5-6,9-10,16H,7-8H2,1-4H3. The van der Waals surface area contributed by atoms with Crippen molar-refractivity contribution in [1.29, 1.82) is 0 Å². The summed E-state index contributed by atoms with van der Waals surface area (Å²) in [5, 5.41) is 4.27. The zero-order valence-corrected chi connectivity index (χ0v) is 11.3. The monoisotopic (exact) mass is 240 g/mol. The summed E-state index contributed by atoms with van der Waals surface area (Å²) < 4.78 is 0.